The lowest BCUT2D eigenvalue weighted by molar-refractivity contribution is 0.839. The highest BCUT2D eigenvalue weighted by Crippen LogP contribution is 2.31. The summed E-state index contributed by atoms with van der Waals surface area (Å²) < 4.78 is 3.98. The van der Waals surface area contributed by atoms with Crippen molar-refractivity contribution < 1.29 is 0 Å². The van der Waals surface area contributed by atoms with Crippen LogP contribution in [-0.4, -0.2) is 19.3 Å². The normalized spacial score (nSPS) is 11.3. The van der Waals surface area contributed by atoms with E-state index < -0.39 is 0 Å². The maximum Gasteiger partial charge on any atom is 0.155 e. The third kappa shape index (κ3) is 1.86. The summed E-state index contributed by atoms with van der Waals surface area (Å²) in [6.45, 7) is 0. The van der Waals surface area contributed by atoms with Gasteiger partial charge in [-0.1, -0.05) is 42.5 Å². The Kier molecular flexibility index (Phi) is 2.76. The minimum atomic E-state index is 0.805. The average molecular weight is 310 g/mol. The summed E-state index contributed by atoms with van der Waals surface area (Å²) in [7, 11) is 0. The van der Waals surface area contributed by atoms with Crippen LogP contribution in [0.3, 0.4) is 0 Å². The van der Waals surface area contributed by atoms with Crippen LogP contribution in [0.4, 0.5) is 0 Å². The van der Waals surface area contributed by atoms with E-state index in [4.69, 9.17) is 4.98 Å². The van der Waals surface area contributed by atoms with E-state index >= 15 is 0 Å². The molecule has 4 nitrogen and oxygen atoms in total. The maximum absolute atomic E-state index is 4.82. The molecule has 3 aromatic heterocycles. The van der Waals surface area contributed by atoms with Crippen molar-refractivity contribution in [1.82, 2.24) is 19.3 Å². The molecular weight excluding hydrogens is 296 g/mol. The van der Waals surface area contributed by atoms with Crippen molar-refractivity contribution in [3.63, 3.8) is 0 Å². The van der Waals surface area contributed by atoms with E-state index in [9.17, 15) is 0 Å². The lowest BCUT2D eigenvalue weighted by Gasteiger charge is -2.08. The predicted octanol–water partition coefficient (Wildman–Crippen LogP) is 4.36. The first-order chi connectivity index (χ1) is 11.9. The Morgan fingerprint density at radius 3 is 1.96 bits per heavy atom. The molecular formula is C20H14N4. The number of hydrogen-bond donors (Lipinski definition) is 0. The van der Waals surface area contributed by atoms with E-state index in [1.807, 2.05) is 30.5 Å². The fraction of sp³-hybridized carbons (Fsp3) is 0. The van der Waals surface area contributed by atoms with Crippen LogP contribution in [0.2, 0.25) is 0 Å². The number of benzene rings is 2. The van der Waals surface area contributed by atoms with Crippen LogP contribution in [0.1, 0.15) is 0 Å². The number of para-hydroxylation sites is 2. The molecule has 0 aliphatic heterocycles. The van der Waals surface area contributed by atoms with Crippen LogP contribution in [0.15, 0.2) is 85.2 Å². The third-order valence-corrected chi connectivity index (χ3v) is 4.27. The van der Waals surface area contributed by atoms with E-state index in [2.05, 4.69) is 58.2 Å². The molecule has 114 valence electrons. The van der Waals surface area contributed by atoms with Gasteiger partial charge in [-0.2, -0.15) is 5.10 Å². The lowest BCUT2D eigenvalue weighted by atomic mass is 10.2. The highest BCUT2D eigenvalue weighted by atomic mass is 15.3. The zero-order valence-electron chi connectivity index (χ0n) is 12.9. The summed E-state index contributed by atoms with van der Waals surface area (Å²) in [4.78, 5) is 4.82. The Labute approximate surface area is 138 Å². The molecule has 0 atom stereocenters. The largest absolute Gasteiger partial charge is 0.294 e. The molecule has 0 bridgehead atoms. The molecule has 0 saturated carbocycles. The van der Waals surface area contributed by atoms with Gasteiger partial charge < -0.3 is 0 Å². The van der Waals surface area contributed by atoms with Crippen molar-refractivity contribution in [1.29, 1.82) is 0 Å². The van der Waals surface area contributed by atoms with Crippen molar-refractivity contribution in [2.24, 2.45) is 0 Å². The van der Waals surface area contributed by atoms with Gasteiger partial charge in [0.2, 0.25) is 0 Å². The first-order valence-corrected chi connectivity index (χ1v) is 7.87. The molecule has 0 aliphatic rings. The Hall–Kier alpha value is -3.40. The summed E-state index contributed by atoms with van der Waals surface area (Å²) in [6, 6.07) is 24.8. The Morgan fingerprint density at radius 1 is 0.625 bits per heavy atom. The van der Waals surface area contributed by atoms with Crippen LogP contribution in [0, 0.1) is 0 Å². The van der Waals surface area contributed by atoms with E-state index in [0.717, 1.165) is 22.7 Å². The monoisotopic (exact) mass is 310 g/mol. The molecule has 5 rings (SSSR count). The highest BCUT2D eigenvalue weighted by molar-refractivity contribution is 6.09. The third-order valence-electron chi connectivity index (χ3n) is 4.27. The minimum Gasteiger partial charge on any atom is -0.294 e. The van der Waals surface area contributed by atoms with Crippen LogP contribution < -0.4 is 0 Å². The number of fused-ring (bicyclic) bond motifs is 3. The molecule has 0 spiro atoms. The number of pyridine rings is 1. The first kappa shape index (κ1) is 13.1. The summed E-state index contributed by atoms with van der Waals surface area (Å²) in [6.07, 6.45) is 3.66. The smallest absolute Gasteiger partial charge is 0.155 e. The summed E-state index contributed by atoms with van der Waals surface area (Å²) >= 11 is 0. The second-order valence-electron chi connectivity index (χ2n) is 5.67. The van der Waals surface area contributed by atoms with Gasteiger partial charge in [-0.05, 0) is 30.3 Å². The molecule has 0 amide bonds. The second kappa shape index (κ2) is 5.06. The fourth-order valence-corrected chi connectivity index (χ4v) is 3.24. The van der Waals surface area contributed by atoms with E-state index in [1.54, 1.807) is 10.9 Å². The molecule has 3 heterocycles. The zero-order valence-corrected chi connectivity index (χ0v) is 12.9. The van der Waals surface area contributed by atoms with Crippen molar-refractivity contribution in [2.45, 2.75) is 0 Å². The Balaban J connectivity index is 1.84. The molecule has 5 aromatic rings. The lowest BCUT2D eigenvalue weighted by Crippen LogP contribution is -2.03. The van der Waals surface area contributed by atoms with Gasteiger partial charge in [-0.15, -0.1) is 0 Å². The van der Waals surface area contributed by atoms with Crippen LogP contribution in [0.5, 0.6) is 0 Å². The minimum absolute atomic E-state index is 0.805. The average Bonchev–Trinajstić information content (AvgIpc) is 3.28. The molecule has 4 heteroatoms. The number of hydrogen-bond acceptors (Lipinski definition) is 2. The fourth-order valence-electron chi connectivity index (χ4n) is 3.24. The number of aromatic nitrogens is 4. The zero-order chi connectivity index (χ0) is 15.9. The molecule has 0 saturated heterocycles. The van der Waals surface area contributed by atoms with Crippen LogP contribution in [0.25, 0.3) is 33.4 Å². The van der Waals surface area contributed by atoms with Gasteiger partial charge in [0.05, 0.1) is 11.0 Å². The second-order valence-corrected chi connectivity index (χ2v) is 5.67. The highest BCUT2D eigenvalue weighted by Gasteiger charge is 2.12. The van der Waals surface area contributed by atoms with Crippen molar-refractivity contribution >= 4 is 21.8 Å². The molecule has 24 heavy (non-hydrogen) atoms. The van der Waals surface area contributed by atoms with Gasteiger partial charge in [-0.3, -0.25) is 4.57 Å². The maximum atomic E-state index is 4.82. The van der Waals surface area contributed by atoms with Crippen LogP contribution in [-0.2, 0) is 0 Å². The van der Waals surface area contributed by atoms with Gasteiger partial charge in [0, 0.05) is 23.2 Å². The van der Waals surface area contributed by atoms with Gasteiger partial charge >= 0.3 is 0 Å². The SMILES string of the molecule is c1cc(-n2cccn2)nc(-n2c3ccccc3c3ccccc32)c1. The van der Waals surface area contributed by atoms with Gasteiger partial charge in [-0.25, -0.2) is 9.67 Å². The predicted molar refractivity (Wildman–Crippen MR) is 95.7 cm³/mol. The Morgan fingerprint density at radius 2 is 1.29 bits per heavy atom. The summed E-state index contributed by atoms with van der Waals surface area (Å²) in [5.41, 5.74) is 2.31. The Bertz CT molecular complexity index is 1100. The molecule has 0 unspecified atom stereocenters. The van der Waals surface area contributed by atoms with E-state index in [0.29, 0.717) is 0 Å². The van der Waals surface area contributed by atoms with E-state index in [1.165, 1.54) is 10.8 Å². The molecule has 2 aromatic carbocycles. The van der Waals surface area contributed by atoms with Gasteiger partial charge in [0.1, 0.15) is 5.82 Å². The topological polar surface area (TPSA) is 35.6 Å². The quantitative estimate of drug-likeness (QED) is 0.485. The van der Waals surface area contributed by atoms with Crippen molar-refractivity contribution in [3.8, 4) is 11.6 Å². The molecule has 0 radical (unpaired) electrons. The first-order valence-electron chi connectivity index (χ1n) is 7.87. The number of rotatable bonds is 2. The molecule has 0 fully saturated rings. The number of nitrogens with zero attached hydrogens (tertiary/aromatic N) is 4. The van der Waals surface area contributed by atoms with Crippen molar-refractivity contribution in [3.05, 3.63) is 85.2 Å². The van der Waals surface area contributed by atoms with Gasteiger partial charge in [0.25, 0.3) is 0 Å². The summed E-state index contributed by atoms with van der Waals surface area (Å²) in [5.74, 6) is 1.69. The van der Waals surface area contributed by atoms with Crippen molar-refractivity contribution in [2.75, 3.05) is 0 Å². The van der Waals surface area contributed by atoms with E-state index in [-0.39, 0.29) is 0 Å². The van der Waals surface area contributed by atoms with Crippen LogP contribution >= 0.6 is 0 Å². The molecule has 0 aliphatic carbocycles. The van der Waals surface area contributed by atoms with Gasteiger partial charge in [0.15, 0.2) is 5.82 Å². The standard InChI is InChI=1S/C20H14N4/c1-3-9-17-15(7-1)16-8-2-4-10-18(16)24(17)20-12-5-11-19(22-20)23-14-6-13-21-23/h1-14H. The summed E-state index contributed by atoms with van der Waals surface area (Å²) in [5, 5.41) is 6.75. The molecule has 0 N–H and O–H groups in total.